The van der Waals surface area contributed by atoms with Gasteiger partial charge in [-0.25, -0.2) is 0 Å². The molecule has 0 aliphatic heterocycles. The Bertz CT molecular complexity index is 177. The Labute approximate surface area is 73.3 Å². The van der Waals surface area contributed by atoms with Gasteiger partial charge in [0.05, 0.1) is 0 Å². The van der Waals surface area contributed by atoms with Crippen LogP contribution in [0.25, 0.3) is 0 Å². The third kappa shape index (κ3) is 2.66. The van der Waals surface area contributed by atoms with E-state index in [-0.39, 0.29) is 0 Å². The van der Waals surface area contributed by atoms with Crippen LogP contribution in [-0.2, 0) is 0 Å². The first kappa shape index (κ1) is 8.79. The molecule has 61 valence electrons. The summed E-state index contributed by atoms with van der Waals surface area (Å²) in [5.41, 5.74) is 0. The molecule has 11 heavy (non-hydrogen) atoms. The summed E-state index contributed by atoms with van der Waals surface area (Å²) in [6.45, 7) is 4.53. The van der Waals surface area contributed by atoms with Gasteiger partial charge >= 0.3 is 0 Å². The van der Waals surface area contributed by atoms with Gasteiger partial charge in [0.15, 0.2) is 0 Å². The van der Waals surface area contributed by atoms with Gasteiger partial charge < -0.3 is 0 Å². The molecule has 1 rings (SSSR count). The summed E-state index contributed by atoms with van der Waals surface area (Å²) in [5.74, 6) is 0.718. The molecule has 0 amide bonds. The van der Waals surface area contributed by atoms with Crippen LogP contribution in [0.4, 0.5) is 0 Å². The molecule has 0 saturated heterocycles. The van der Waals surface area contributed by atoms with Crippen LogP contribution in [0.5, 0.6) is 0 Å². The summed E-state index contributed by atoms with van der Waals surface area (Å²) >= 11 is 1.83. The molecule has 1 atom stereocenters. The molecule has 0 aliphatic carbocycles. The molecule has 1 heterocycles. The molecule has 1 aromatic heterocycles. The van der Waals surface area contributed by atoms with E-state index in [2.05, 4.69) is 25.3 Å². The van der Waals surface area contributed by atoms with Gasteiger partial charge in [-0.2, -0.15) is 0 Å². The van der Waals surface area contributed by atoms with E-state index in [4.69, 9.17) is 0 Å². The number of hydrogen-bond acceptors (Lipinski definition) is 1. The van der Waals surface area contributed by atoms with Crippen LogP contribution in [0.3, 0.4) is 0 Å². The number of rotatable bonds is 4. The maximum Gasteiger partial charge on any atom is 0.0152 e. The van der Waals surface area contributed by atoms with Crippen molar-refractivity contribution in [3.05, 3.63) is 22.4 Å². The molecule has 0 fully saturated rings. The Hall–Kier alpha value is -0.300. The van der Waals surface area contributed by atoms with E-state index in [0.717, 1.165) is 5.92 Å². The van der Waals surface area contributed by atoms with Crippen molar-refractivity contribution in [1.29, 1.82) is 0 Å². The van der Waals surface area contributed by atoms with Crippen molar-refractivity contribution in [3.8, 4) is 0 Å². The van der Waals surface area contributed by atoms with Crippen molar-refractivity contribution in [2.75, 3.05) is 0 Å². The van der Waals surface area contributed by atoms with Gasteiger partial charge in [0.2, 0.25) is 0 Å². The highest BCUT2D eigenvalue weighted by Crippen LogP contribution is 2.24. The van der Waals surface area contributed by atoms with Gasteiger partial charge in [-0.3, -0.25) is 0 Å². The molecule has 1 unspecified atom stereocenters. The third-order valence-corrected chi connectivity index (χ3v) is 2.97. The van der Waals surface area contributed by atoms with E-state index in [1.807, 2.05) is 17.4 Å². The average molecular weight is 167 g/mol. The molecule has 0 saturated carbocycles. The summed E-state index contributed by atoms with van der Waals surface area (Å²) in [7, 11) is 0. The van der Waals surface area contributed by atoms with Crippen molar-refractivity contribution in [2.45, 2.75) is 39.0 Å². The van der Waals surface area contributed by atoms with Crippen LogP contribution in [-0.4, -0.2) is 0 Å². The van der Waals surface area contributed by atoms with Crippen LogP contribution >= 0.6 is 11.3 Å². The molecular weight excluding hydrogens is 152 g/mol. The summed E-state index contributed by atoms with van der Waals surface area (Å²) in [4.78, 5) is 1.42. The first-order valence-electron chi connectivity index (χ1n) is 4.29. The zero-order chi connectivity index (χ0) is 8.10. The second kappa shape index (κ2) is 4.55. The predicted octanol–water partition coefficient (Wildman–Crippen LogP) is 3.84. The SMILES string of the molecule is CCCCC(C)c1[c]ccs1. The molecule has 0 N–H and O–H groups in total. The van der Waals surface area contributed by atoms with Crippen molar-refractivity contribution in [2.24, 2.45) is 0 Å². The van der Waals surface area contributed by atoms with E-state index < -0.39 is 0 Å². The van der Waals surface area contributed by atoms with Crippen molar-refractivity contribution in [1.82, 2.24) is 0 Å². The van der Waals surface area contributed by atoms with Crippen molar-refractivity contribution in [3.63, 3.8) is 0 Å². The topological polar surface area (TPSA) is 0 Å². The lowest BCUT2D eigenvalue weighted by Gasteiger charge is -2.06. The maximum atomic E-state index is 3.26. The lowest BCUT2D eigenvalue weighted by Crippen LogP contribution is -1.88. The van der Waals surface area contributed by atoms with Gasteiger partial charge in [-0.15, -0.1) is 11.3 Å². The highest BCUT2D eigenvalue weighted by molar-refractivity contribution is 7.09. The largest absolute Gasteiger partial charge is 0.148 e. The van der Waals surface area contributed by atoms with Crippen LogP contribution in [0.15, 0.2) is 11.4 Å². The number of hydrogen-bond donors (Lipinski definition) is 0. The highest BCUT2D eigenvalue weighted by Gasteiger charge is 2.04. The Morgan fingerprint density at radius 2 is 2.45 bits per heavy atom. The Balaban J connectivity index is 2.36. The van der Waals surface area contributed by atoms with Crippen molar-refractivity contribution < 1.29 is 0 Å². The zero-order valence-electron chi connectivity index (χ0n) is 7.26. The lowest BCUT2D eigenvalue weighted by molar-refractivity contribution is 0.631. The maximum absolute atomic E-state index is 3.26. The predicted molar refractivity (Wildman–Crippen MR) is 51.1 cm³/mol. The Morgan fingerprint density at radius 1 is 1.64 bits per heavy atom. The summed E-state index contributed by atoms with van der Waals surface area (Å²) in [6.07, 6.45) is 3.95. The Kier molecular flexibility index (Phi) is 3.64. The van der Waals surface area contributed by atoms with E-state index in [0.29, 0.717) is 0 Å². The van der Waals surface area contributed by atoms with Gasteiger partial charge in [-0.05, 0) is 29.9 Å². The molecule has 0 bridgehead atoms. The van der Waals surface area contributed by atoms with Crippen molar-refractivity contribution >= 4 is 11.3 Å². The molecular formula is C10H15S. The number of unbranched alkanes of at least 4 members (excludes halogenated alkanes) is 1. The Morgan fingerprint density at radius 3 is 3.00 bits per heavy atom. The molecule has 1 radical (unpaired) electrons. The molecule has 0 spiro atoms. The van der Waals surface area contributed by atoms with Gasteiger partial charge in [0.25, 0.3) is 0 Å². The second-order valence-corrected chi connectivity index (χ2v) is 3.92. The lowest BCUT2D eigenvalue weighted by atomic mass is 10.0. The van der Waals surface area contributed by atoms with E-state index >= 15 is 0 Å². The van der Waals surface area contributed by atoms with Crippen LogP contribution in [0, 0.1) is 6.07 Å². The van der Waals surface area contributed by atoms with E-state index in [1.54, 1.807) is 0 Å². The third-order valence-electron chi connectivity index (χ3n) is 1.93. The molecule has 0 aromatic carbocycles. The van der Waals surface area contributed by atoms with Crippen LogP contribution < -0.4 is 0 Å². The highest BCUT2D eigenvalue weighted by atomic mass is 32.1. The van der Waals surface area contributed by atoms with Gasteiger partial charge in [-0.1, -0.05) is 26.7 Å². The molecule has 1 aromatic rings. The fourth-order valence-corrected chi connectivity index (χ4v) is 1.93. The second-order valence-electron chi connectivity index (χ2n) is 2.97. The normalized spacial score (nSPS) is 13.3. The average Bonchev–Trinajstić information content (AvgIpc) is 2.52. The number of thiophene rings is 1. The minimum absolute atomic E-state index is 0.718. The summed E-state index contributed by atoms with van der Waals surface area (Å²) in [6, 6.07) is 5.28. The smallest absolute Gasteiger partial charge is 0.0152 e. The van der Waals surface area contributed by atoms with Gasteiger partial charge in [0.1, 0.15) is 0 Å². The van der Waals surface area contributed by atoms with E-state index in [1.165, 1.54) is 24.1 Å². The standard InChI is InChI=1S/C10H15S/c1-3-4-6-9(2)10-7-5-8-11-10/h5,8-9H,3-4,6H2,1-2H3. The minimum Gasteiger partial charge on any atom is -0.148 e. The molecule has 0 nitrogen and oxygen atoms in total. The molecule has 0 aliphatic rings. The fraction of sp³-hybridized carbons (Fsp3) is 0.600. The molecule has 1 heteroatoms. The van der Waals surface area contributed by atoms with Gasteiger partial charge in [0, 0.05) is 4.88 Å². The zero-order valence-corrected chi connectivity index (χ0v) is 8.08. The van der Waals surface area contributed by atoms with E-state index in [9.17, 15) is 0 Å². The first-order valence-corrected chi connectivity index (χ1v) is 5.17. The van der Waals surface area contributed by atoms with Crippen LogP contribution in [0.1, 0.15) is 43.9 Å². The van der Waals surface area contributed by atoms with Crippen LogP contribution in [0.2, 0.25) is 0 Å². The summed E-state index contributed by atoms with van der Waals surface area (Å²) in [5, 5.41) is 2.11. The first-order chi connectivity index (χ1) is 5.34. The summed E-state index contributed by atoms with van der Waals surface area (Å²) < 4.78 is 0. The fourth-order valence-electron chi connectivity index (χ4n) is 1.16. The quantitative estimate of drug-likeness (QED) is 0.639. The minimum atomic E-state index is 0.718. The monoisotopic (exact) mass is 167 g/mol.